The molecule has 3 aromatic rings. The lowest BCUT2D eigenvalue weighted by Gasteiger charge is -2.30. The maximum absolute atomic E-state index is 14.0. The molecule has 0 saturated carbocycles. The molecule has 41 heavy (non-hydrogen) atoms. The van der Waals surface area contributed by atoms with Gasteiger partial charge in [0, 0.05) is 24.9 Å². The molecular weight excluding hydrogens is 546 g/mol. The number of nitrogens with zero attached hydrogens (tertiary/aromatic N) is 2. The predicted molar refractivity (Wildman–Crippen MR) is 152 cm³/mol. The van der Waals surface area contributed by atoms with Crippen molar-refractivity contribution in [3.63, 3.8) is 0 Å². The van der Waals surface area contributed by atoms with E-state index in [0.717, 1.165) is 15.4 Å². The average Bonchev–Trinajstić information content (AvgIpc) is 3.16. The molecule has 1 aliphatic rings. The van der Waals surface area contributed by atoms with Gasteiger partial charge in [-0.2, -0.15) is 4.31 Å². The van der Waals surface area contributed by atoms with Gasteiger partial charge in [0.2, 0.25) is 10.0 Å². The Hall–Kier alpha value is -4.21. The highest BCUT2D eigenvalue weighted by Gasteiger charge is 2.41. The summed E-state index contributed by atoms with van der Waals surface area (Å²) in [4.78, 5) is 28.2. The Balaban J connectivity index is 1.71. The van der Waals surface area contributed by atoms with Crippen molar-refractivity contribution in [3.05, 3.63) is 89.0 Å². The molecular formula is C30H31N3O7S. The van der Waals surface area contributed by atoms with Crippen LogP contribution in [0, 0.1) is 25.7 Å². The fourth-order valence-corrected chi connectivity index (χ4v) is 6.09. The molecule has 2 amide bonds. The highest BCUT2D eigenvalue weighted by atomic mass is 32.2. The van der Waals surface area contributed by atoms with Gasteiger partial charge in [0.15, 0.2) is 0 Å². The third-order valence-corrected chi connectivity index (χ3v) is 8.54. The lowest BCUT2D eigenvalue weighted by atomic mass is 10.0. The van der Waals surface area contributed by atoms with Crippen molar-refractivity contribution < 1.29 is 32.7 Å². The highest BCUT2D eigenvalue weighted by molar-refractivity contribution is 7.89. The summed E-state index contributed by atoms with van der Waals surface area (Å²) >= 11 is 0. The van der Waals surface area contributed by atoms with Gasteiger partial charge in [0.05, 0.1) is 11.4 Å². The number of amides is 2. The van der Waals surface area contributed by atoms with E-state index in [9.17, 15) is 23.2 Å². The van der Waals surface area contributed by atoms with Crippen molar-refractivity contribution in [2.75, 3.05) is 31.8 Å². The lowest BCUT2D eigenvalue weighted by Crippen LogP contribution is -2.53. The third kappa shape index (κ3) is 6.58. The van der Waals surface area contributed by atoms with E-state index in [2.05, 4.69) is 11.8 Å². The number of aryl methyl sites for hydroxylation is 2. The second-order valence-electron chi connectivity index (χ2n) is 9.45. The number of nitrogens with one attached hydrogen (secondary N) is 1. The Labute approximate surface area is 239 Å². The SMILES string of the molecule is COCC#CCOc1ccc(S(=O)(=O)N2Cc3ccccc3N(C(=O)c3cc(C)ccc3C)CC2C(=O)NO)cc1. The van der Waals surface area contributed by atoms with Gasteiger partial charge in [-0.25, -0.2) is 13.9 Å². The van der Waals surface area contributed by atoms with E-state index in [1.165, 1.54) is 36.3 Å². The number of hydrogen-bond donors (Lipinski definition) is 2. The first-order valence-electron chi connectivity index (χ1n) is 12.8. The maximum atomic E-state index is 14.0. The van der Waals surface area contributed by atoms with E-state index in [0.29, 0.717) is 22.6 Å². The fraction of sp³-hybridized carbons (Fsp3) is 0.267. The number of methoxy groups -OCH3 is 1. The van der Waals surface area contributed by atoms with Crippen molar-refractivity contribution in [2.24, 2.45) is 0 Å². The highest BCUT2D eigenvalue weighted by Crippen LogP contribution is 2.33. The molecule has 0 aliphatic carbocycles. The molecule has 0 saturated heterocycles. The van der Waals surface area contributed by atoms with E-state index in [1.54, 1.807) is 35.8 Å². The number of ether oxygens (including phenoxy) is 2. The average molecular weight is 578 g/mol. The standard InChI is InChI=1S/C30H31N3O7S/c1-21-10-11-22(2)26(18-21)30(35)32-20-28(29(34)31-36)33(19-23-8-4-5-9-27(23)32)41(37,38)25-14-12-24(13-15-25)40-17-7-6-16-39-3/h4-5,8-15,18,28,36H,16-17,19-20H2,1-3H3,(H,31,34). The monoisotopic (exact) mass is 577 g/mol. The van der Waals surface area contributed by atoms with E-state index >= 15 is 0 Å². The number of benzene rings is 3. The molecule has 0 aromatic heterocycles. The maximum Gasteiger partial charge on any atom is 0.263 e. The van der Waals surface area contributed by atoms with Crippen molar-refractivity contribution in [2.45, 2.75) is 31.3 Å². The molecule has 0 fully saturated rings. The second kappa shape index (κ2) is 13.0. The topological polar surface area (TPSA) is 125 Å². The molecule has 4 rings (SSSR count). The smallest absolute Gasteiger partial charge is 0.263 e. The number of carbonyl (C=O) groups excluding carboxylic acids is 2. The number of carbonyl (C=O) groups is 2. The van der Waals surface area contributed by atoms with Gasteiger partial charge in [-0.05, 0) is 61.4 Å². The van der Waals surface area contributed by atoms with Gasteiger partial charge < -0.3 is 14.4 Å². The predicted octanol–water partition coefficient (Wildman–Crippen LogP) is 3.06. The summed E-state index contributed by atoms with van der Waals surface area (Å²) in [5, 5.41) is 9.59. The largest absolute Gasteiger partial charge is 0.481 e. The van der Waals surface area contributed by atoms with Gasteiger partial charge in [-0.1, -0.05) is 47.7 Å². The Morgan fingerprint density at radius 1 is 1.02 bits per heavy atom. The zero-order valence-corrected chi connectivity index (χ0v) is 23.8. The molecule has 0 spiro atoms. The van der Waals surface area contributed by atoms with Crippen LogP contribution < -0.4 is 15.1 Å². The zero-order chi connectivity index (χ0) is 29.6. The summed E-state index contributed by atoms with van der Waals surface area (Å²) in [6, 6.07) is 16.7. The van der Waals surface area contributed by atoms with Crippen LogP contribution in [0.1, 0.15) is 27.0 Å². The number of hydrogen-bond acceptors (Lipinski definition) is 7. The number of fused-ring (bicyclic) bond motifs is 1. The minimum Gasteiger partial charge on any atom is -0.481 e. The number of rotatable bonds is 7. The van der Waals surface area contributed by atoms with Crippen molar-refractivity contribution in [1.82, 2.24) is 9.79 Å². The van der Waals surface area contributed by atoms with Crippen molar-refractivity contribution in [1.29, 1.82) is 0 Å². The Morgan fingerprint density at radius 2 is 1.73 bits per heavy atom. The first-order chi connectivity index (χ1) is 19.7. The van der Waals surface area contributed by atoms with E-state index in [-0.39, 0.29) is 37.1 Å². The van der Waals surface area contributed by atoms with Crippen LogP contribution in [0.15, 0.2) is 71.6 Å². The van der Waals surface area contributed by atoms with E-state index < -0.39 is 22.0 Å². The molecule has 1 aliphatic heterocycles. The summed E-state index contributed by atoms with van der Waals surface area (Å²) in [5.41, 5.74) is 4.64. The van der Waals surface area contributed by atoms with Gasteiger partial charge in [0.25, 0.3) is 11.8 Å². The number of sulfonamides is 1. The van der Waals surface area contributed by atoms with Crippen LogP contribution in [0.4, 0.5) is 5.69 Å². The summed E-state index contributed by atoms with van der Waals surface area (Å²) < 4.78 is 39.3. The molecule has 1 atom stereocenters. The minimum absolute atomic E-state index is 0.0853. The summed E-state index contributed by atoms with van der Waals surface area (Å²) in [6.07, 6.45) is 0. The molecule has 10 nitrogen and oxygen atoms in total. The Morgan fingerprint density at radius 3 is 2.44 bits per heavy atom. The van der Waals surface area contributed by atoms with Crippen LogP contribution >= 0.6 is 0 Å². The molecule has 3 aromatic carbocycles. The van der Waals surface area contributed by atoms with E-state index in [4.69, 9.17) is 9.47 Å². The molecule has 0 radical (unpaired) electrons. The van der Waals surface area contributed by atoms with Crippen LogP contribution in [0.3, 0.4) is 0 Å². The van der Waals surface area contributed by atoms with Gasteiger partial charge >= 0.3 is 0 Å². The molecule has 1 unspecified atom stereocenters. The number of hydroxylamine groups is 1. The molecule has 1 heterocycles. The van der Waals surface area contributed by atoms with Gasteiger partial charge in [-0.15, -0.1) is 0 Å². The lowest BCUT2D eigenvalue weighted by molar-refractivity contribution is -0.133. The molecule has 0 bridgehead atoms. The Kier molecular flexibility index (Phi) is 9.42. The fourth-order valence-electron chi connectivity index (χ4n) is 4.53. The number of para-hydroxylation sites is 1. The zero-order valence-electron chi connectivity index (χ0n) is 23.0. The first-order valence-corrected chi connectivity index (χ1v) is 14.2. The van der Waals surface area contributed by atoms with Gasteiger partial charge in [-0.3, -0.25) is 14.8 Å². The number of anilines is 1. The summed E-state index contributed by atoms with van der Waals surface area (Å²) in [5.74, 6) is 4.60. The van der Waals surface area contributed by atoms with Crippen molar-refractivity contribution in [3.8, 4) is 17.6 Å². The third-order valence-electron chi connectivity index (χ3n) is 6.68. The van der Waals surface area contributed by atoms with Crippen molar-refractivity contribution >= 4 is 27.5 Å². The first kappa shape index (κ1) is 29.8. The van der Waals surface area contributed by atoms with Crippen LogP contribution in [0.25, 0.3) is 0 Å². The van der Waals surface area contributed by atoms with Crippen LogP contribution in [0.5, 0.6) is 5.75 Å². The molecule has 214 valence electrons. The van der Waals surface area contributed by atoms with Crippen LogP contribution in [-0.4, -0.2) is 62.7 Å². The van der Waals surface area contributed by atoms with Crippen LogP contribution in [0.2, 0.25) is 0 Å². The Bertz CT molecular complexity index is 1590. The summed E-state index contributed by atoms with van der Waals surface area (Å²) in [7, 11) is -2.75. The molecule has 11 heteroatoms. The normalized spacial score (nSPS) is 15.2. The summed E-state index contributed by atoms with van der Waals surface area (Å²) in [6.45, 7) is 3.52. The quantitative estimate of drug-likeness (QED) is 0.251. The molecule has 2 N–H and O–H groups in total. The van der Waals surface area contributed by atoms with E-state index in [1.807, 2.05) is 26.0 Å². The minimum atomic E-state index is -4.29. The second-order valence-corrected chi connectivity index (χ2v) is 11.3. The van der Waals surface area contributed by atoms with Crippen LogP contribution in [-0.2, 0) is 26.1 Å². The van der Waals surface area contributed by atoms with Gasteiger partial charge in [0.1, 0.15) is 25.0 Å².